The van der Waals surface area contributed by atoms with E-state index in [9.17, 15) is 9.18 Å². The number of carbonyl (C=O) groups is 1. The van der Waals surface area contributed by atoms with E-state index in [0.717, 1.165) is 11.3 Å². The molecule has 0 aliphatic carbocycles. The van der Waals surface area contributed by atoms with Crippen LogP contribution in [0.3, 0.4) is 0 Å². The molecule has 0 bridgehead atoms. The number of nitrogen functional groups attached to an aromatic ring is 1. The summed E-state index contributed by atoms with van der Waals surface area (Å²) in [5.41, 5.74) is 5.67. The topological polar surface area (TPSA) is 68.0 Å². The Balaban J connectivity index is 2.24. The van der Waals surface area contributed by atoms with Crippen LogP contribution in [0.4, 0.5) is 15.2 Å². The molecule has 1 heterocycles. The highest BCUT2D eigenvalue weighted by Gasteiger charge is 2.14. The van der Waals surface area contributed by atoms with Crippen LogP contribution in [0.2, 0.25) is 0 Å². The third-order valence-electron chi connectivity index (χ3n) is 1.96. The third-order valence-corrected chi connectivity index (χ3v) is 3.29. The number of hydrogen-bond acceptors (Lipinski definition) is 4. The number of anilines is 2. The minimum atomic E-state index is -0.518. The van der Waals surface area contributed by atoms with E-state index >= 15 is 0 Å². The molecule has 2 rings (SSSR count). The van der Waals surface area contributed by atoms with Gasteiger partial charge in [-0.2, -0.15) is 0 Å². The Morgan fingerprint density at radius 2 is 2.29 bits per heavy atom. The van der Waals surface area contributed by atoms with Crippen LogP contribution in [0.25, 0.3) is 0 Å². The molecule has 2 aromatic rings. The third kappa shape index (κ3) is 2.62. The van der Waals surface area contributed by atoms with Crippen molar-refractivity contribution in [2.45, 2.75) is 0 Å². The molecule has 1 aromatic carbocycles. The fourth-order valence-corrected chi connectivity index (χ4v) is 2.17. The van der Waals surface area contributed by atoms with Crippen LogP contribution in [0.5, 0.6) is 0 Å². The van der Waals surface area contributed by atoms with Crippen molar-refractivity contribution in [3.05, 3.63) is 39.6 Å². The number of nitrogens with zero attached hydrogens (tertiary/aromatic N) is 1. The molecular formula is C10H7BrFN3OS. The van der Waals surface area contributed by atoms with Gasteiger partial charge < -0.3 is 11.1 Å². The number of nitrogens with one attached hydrogen (secondary N) is 1. The van der Waals surface area contributed by atoms with Crippen molar-refractivity contribution in [1.82, 2.24) is 4.98 Å². The monoisotopic (exact) mass is 315 g/mol. The Kier molecular flexibility index (Phi) is 3.39. The second kappa shape index (κ2) is 4.80. The van der Waals surface area contributed by atoms with Crippen LogP contribution in [-0.4, -0.2) is 10.9 Å². The minimum Gasteiger partial charge on any atom is -0.375 e. The first kappa shape index (κ1) is 12.0. The van der Waals surface area contributed by atoms with Gasteiger partial charge in [0.1, 0.15) is 11.5 Å². The summed E-state index contributed by atoms with van der Waals surface area (Å²) >= 11 is 4.31. The summed E-state index contributed by atoms with van der Waals surface area (Å²) in [4.78, 5) is 15.5. The number of aromatic nitrogens is 1. The number of para-hydroxylation sites is 1. The number of hydrogen-bond donors (Lipinski definition) is 2. The number of thiazole rings is 1. The van der Waals surface area contributed by atoms with Gasteiger partial charge >= 0.3 is 0 Å². The number of rotatable bonds is 2. The predicted octanol–water partition coefficient (Wildman–Crippen LogP) is 2.88. The van der Waals surface area contributed by atoms with Crippen LogP contribution < -0.4 is 11.1 Å². The Morgan fingerprint density at radius 3 is 2.88 bits per heavy atom. The molecule has 4 nitrogen and oxygen atoms in total. The molecule has 3 N–H and O–H groups in total. The lowest BCUT2D eigenvalue weighted by molar-refractivity contribution is 0.102. The largest absolute Gasteiger partial charge is 0.375 e. The molecule has 0 aliphatic heterocycles. The van der Waals surface area contributed by atoms with Crippen molar-refractivity contribution in [3.63, 3.8) is 0 Å². The second-order valence-corrected chi connectivity index (χ2v) is 4.87. The van der Waals surface area contributed by atoms with Crippen LogP contribution in [0.1, 0.15) is 10.5 Å². The van der Waals surface area contributed by atoms with E-state index in [1.54, 1.807) is 6.07 Å². The molecule has 0 radical (unpaired) electrons. The molecule has 17 heavy (non-hydrogen) atoms. The van der Waals surface area contributed by atoms with E-state index in [0.29, 0.717) is 9.60 Å². The maximum Gasteiger partial charge on any atom is 0.275 e. The fraction of sp³-hybridized carbons (Fsp3) is 0. The molecule has 0 unspecified atom stereocenters. The predicted molar refractivity (Wildman–Crippen MR) is 68.6 cm³/mol. The SMILES string of the molecule is Nc1nc(C(=O)Nc2c(F)cccc2Br)cs1. The standard InChI is InChI=1S/C10H7BrFN3OS/c11-5-2-1-3-6(12)8(5)15-9(16)7-4-17-10(13)14-7/h1-4H,(H2,13,14)(H,15,16). The molecule has 0 fully saturated rings. The lowest BCUT2D eigenvalue weighted by Gasteiger charge is -2.06. The van der Waals surface area contributed by atoms with E-state index in [2.05, 4.69) is 26.2 Å². The first-order chi connectivity index (χ1) is 8.08. The summed E-state index contributed by atoms with van der Waals surface area (Å²) in [5, 5.41) is 4.24. The smallest absolute Gasteiger partial charge is 0.275 e. The van der Waals surface area contributed by atoms with Crippen molar-refractivity contribution >= 4 is 44.0 Å². The van der Waals surface area contributed by atoms with Gasteiger partial charge in [0.25, 0.3) is 5.91 Å². The molecular weight excluding hydrogens is 309 g/mol. The molecule has 0 aliphatic rings. The Hall–Kier alpha value is -1.47. The van der Waals surface area contributed by atoms with Gasteiger partial charge in [0.15, 0.2) is 5.13 Å². The van der Waals surface area contributed by atoms with E-state index in [1.165, 1.54) is 17.5 Å². The van der Waals surface area contributed by atoms with Gasteiger partial charge in [-0.3, -0.25) is 4.79 Å². The fourth-order valence-electron chi connectivity index (χ4n) is 1.19. The normalized spacial score (nSPS) is 10.2. The van der Waals surface area contributed by atoms with Crippen molar-refractivity contribution in [3.8, 4) is 0 Å². The number of carbonyl (C=O) groups excluding carboxylic acids is 1. The van der Waals surface area contributed by atoms with E-state index in [1.807, 2.05) is 0 Å². The first-order valence-electron chi connectivity index (χ1n) is 4.54. The van der Waals surface area contributed by atoms with Gasteiger partial charge in [0.2, 0.25) is 0 Å². The van der Waals surface area contributed by atoms with Gasteiger partial charge in [-0.15, -0.1) is 11.3 Å². The average molecular weight is 316 g/mol. The maximum absolute atomic E-state index is 13.4. The molecule has 1 aromatic heterocycles. The van der Waals surface area contributed by atoms with Gasteiger partial charge in [0.05, 0.1) is 5.69 Å². The average Bonchev–Trinajstić information content (AvgIpc) is 2.70. The van der Waals surface area contributed by atoms with Gasteiger partial charge in [0, 0.05) is 9.85 Å². The van der Waals surface area contributed by atoms with Gasteiger partial charge in [-0.05, 0) is 28.1 Å². The molecule has 0 spiro atoms. The molecule has 0 saturated carbocycles. The van der Waals surface area contributed by atoms with Crippen LogP contribution >= 0.6 is 27.3 Å². The van der Waals surface area contributed by atoms with E-state index in [-0.39, 0.29) is 11.4 Å². The van der Waals surface area contributed by atoms with Crippen LogP contribution in [-0.2, 0) is 0 Å². The van der Waals surface area contributed by atoms with E-state index < -0.39 is 11.7 Å². The maximum atomic E-state index is 13.4. The van der Waals surface area contributed by atoms with Gasteiger partial charge in [-0.1, -0.05) is 6.07 Å². The van der Waals surface area contributed by atoms with Crippen LogP contribution in [0, 0.1) is 5.82 Å². The Bertz CT molecular complexity index is 552. The quantitative estimate of drug-likeness (QED) is 0.895. The number of benzene rings is 1. The molecule has 88 valence electrons. The summed E-state index contributed by atoms with van der Waals surface area (Å²) in [5.74, 6) is -1.01. The number of halogens is 2. The first-order valence-corrected chi connectivity index (χ1v) is 6.21. The molecule has 7 heteroatoms. The Labute approximate surface area is 109 Å². The zero-order valence-corrected chi connectivity index (χ0v) is 10.8. The summed E-state index contributed by atoms with van der Waals surface area (Å²) < 4.78 is 13.9. The molecule has 1 amide bonds. The van der Waals surface area contributed by atoms with Crippen molar-refractivity contribution in [2.75, 3.05) is 11.1 Å². The summed E-state index contributed by atoms with van der Waals surface area (Å²) in [6.45, 7) is 0. The number of amides is 1. The summed E-state index contributed by atoms with van der Waals surface area (Å²) in [6, 6.07) is 4.43. The molecule has 0 atom stereocenters. The zero-order chi connectivity index (χ0) is 12.4. The zero-order valence-electron chi connectivity index (χ0n) is 8.41. The minimum absolute atomic E-state index is 0.0871. The van der Waals surface area contributed by atoms with E-state index in [4.69, 9.17) is 5.73 Å². The summed E-state index contributed by atoms with van der Waals surface area (Å²) in [6.07, 6.45) is 0. The highest BCUT2D eigenvalue weighted by atomic mass is 79.9. The lowest BCUT2D eigenvalue weighted by atomic mass is 10.3. The molecule has 0 saturated heterocycles. The lowest BCUT2D eigenvalue weighted by Crippen LogP contribution is -2.14. The van der Waals surface area contributed by atoms with Gasteiger partial charge in [-0.25, -0.2) is 9.37 Å². The Morgan fingerprint density at radius 1 is 1.53 bits per heavy atom. The van der Waals surface area contributed by atoms with Crippen molar-refractivity contribution in [1.29, 1.82) is 0 Å². The second-order valence-electron chi connectivity index (χ2n) is 3.12. The van der Waals surface area contributed by atoms with Crippen LogP contribution in [0.15, 0.2) is 28.1 Å². The summed E-state index contributed by atoms with van der Waals surface area (Å²) in [7, 11) is 0. The highest BCUT2D eigenvalue weighted by molar-refractivity contribution is 9.10. The van der Waals surface area contributed by atoms with Crippen molar-refractivity contribution < 1.29 is 9.18 Å². The highest BCUT2D eigenvalue weighted by Crippen LogP contribution is 2.25. The van der Waals surface area contributed by atoms with Crippen molar-refractivity contribution in [2.24, 2.45) is 0 Å². The number of nitrogens with two attached hydrogens (primary N) is 1.